The van der Waals surface area contributed by atoms with Gasteiger partial charge >= 0.3 is 11.9 Å². The van der Waals surface area contributed by atoms with E-state index in [0.29, 0.717) is 6.42 Å². The summed E-state index contributed by atoms with van der Waals surface area (Å²) in [6.07, 6.45) is 3.86. The highest BCUT2D eigenvalue weighted by molar-refractivity contribution is 6.27. The minimum absolute atomic E-state index is 0.710. The number of hydrogen-bond donors (Lipinski definition) is 3. The van der Waals surface area contributed by atoms with Crippen molar-refractivity contribution < 1.29 is 19.8 Å². The van der Waals surface area contributed by atoms with Crippen LogP contribution in [-0.2, 0) is 29.5 Å². The quantitative estimate of drug-likeness (QED) is 0.550. The Bertz CT molecular complexity index is 919. The number of tetrazole rings is 1. The van der Waals surface area contributed by atoms with E-state index in [-0.39, 0.29) is 0 Å². The van der Waals surface area contributed by atoms with E-state index in [4.69, 9.17) is 19.8 Å². The minimum Gasteiger partial charge on any atom is -0.473 e. The topological polar surface area (TPSA) is 137 Å². The molecule has 2 aromatic heterocycles. The van der Waals surface area contributed by atoms with Gasteiger partial charge in [0.25, 0.3) is 0 Å². The average Bonchev–Trinajstić information content (AvgIpc) is 3.19. The lowest BCUT2D eigenvalue weighted by atomic mass is 10.1. The number of aromatic nitrogens is 5. The first-order valence-electron chi connectivity index (χ1n) is 8.19. The fourth-order valence-corrected chi connectivity index (χ4v) is 2.46. The van der Waals surface area contributed by atoms with Crippen molar-refractivity contribution >= 4 is 22.8 Å². The summed E-state index contributed by atoms with van der Waals surface area (Å²) >= 11 is 0. The molecule has 10 heteroatoms. The molecular weight excluding hydrogens is 352 g/mol. The minimum atomic E-state index is -1.82. The van der Waals surface area contributed by atoms with Gasteiger partial charge in [-0.1, -0.05) is 6.07 Å². The molecule has 144 valence electrons. The second-order valence-electron chi connectivity index (χ2n) is 6.23. The Morgan fingerprint density at radius 1 is 1.22 bits per heavy atom. The normalized spacial score (nSPS) is 10.7. The second-order valence-corrected chi connectivity index (χ2v) is 6.23. The molecule has 0 unspecified atom stereocenters. The van der Waals surface area contributed by atoms with Crippen molar-refractivity contribution in [2.75, 3.05) is 20.6 Å². The molecule has 0 saturated carbocycles. The van der Waals surface area contributed by atoms with Crippen LogP contribution in [0.5, 0.6) is 0 Å². The Balaban J connectivity index is 0.000000380. The predicted octanol–water partition coefficient (Wildman–Crippen LogP) is 0.542. The smallest absolute Gasteiger partial charge is 0.414 e. The number of aryl methyl sites for hydroxylation is 1. The summed E-state index contributed by atoms with van der Waals surface area (Å²) in [6, 6.07) is 6.47. The van der Waals surface area contributed by atoms with Crippen molar-refractivity contribution in [3.63, 3.8) is 0 Å². The summed E-state index contributed by atoms with van der Waals surface area (Å²) in [5.74, 6) is -2.90. The summed E-state index contributed by atoms with van der Waals surface area (Å²) < 4.78 is 0. The van der Waals surface area contributed by atoms with Gasteiger partial charge in [-0.25, -0.2) is 9.59 Å². The Kier molecular flexibility index (Phi) is 6.61. The van der Waals surface area contributed by atoms with Gasteiger partial charge in [-0.2, -0.15) is 4.80 Å². The van der Waals surface area contributed by atoms with Gasteiger partial charge in [-0.15, -0.1) is 10.2 Å². The monoisotopic (exact) mass is 374 g/mol. The third-order valence-corrected chi connectivity index (χ3v) is 3.76. The van der Waals surface area contributed by atoms with Gasteiger partial charge in [0.1, 0.15) is 0 Å². The molecule has 0 aliphatic carbocycles. The molecule has 0 aliphatic rings. The van der Waals surface area contributed by atoms with Crippen molar-refractivity contribution in [1.82, 2.24) is 30.1 Å². The molecule has 0 bridgehead atoms. The van der Waals surface area contributed by atoms with Gasteiger partial charge in [-0.3, -0.25) is 0 Å². The highest BCUT2D eigenvalue weighted by Gasteiger charge is 2.08. The first kappa shape index (κ1) is 20.0. The van der Waals surface area contributed by atoms with Crippen LogP contribution in [0.1, 0.15) is 17.0 Å². The van der Waals surface area contributed by atoms with Gasteiger partial charge < -0.3 is 20.1 Å². The number of hydrogen-bond acceptors (Lipinski definition) is 6. The van der Waals surface area contributed by atoms with Crippen LogP contribution in [0.2, 0.25) is 0 Å². The molecule has 2 heterocycles. The number of likely N-dealkylation sites (N-methyl/N-ethyl adjacent to an activating group) is 1. The van der Waals surface area contributed by atoms with Crippen LogP contribution in [0.3, 0.4) is 0 Å². The van der Waals surface area contributed by atoms with E-state index < -0.39 is 11.9 Å². The van der Waals surface area contributed by atoms with E-state index >= 15 is 0 Å². The zero-order valence-corrected chi connectivity index (χ0v) is 15.4. The molecule has 0 fully saturated rings. The summed E-state index contributed by atoms with van der Waals surface area (Å²) in [5, 5.41) is 28.2. The molecule has 27 heavy (non-hydrogen) atoms. The van der Waals surface area contributed by atoms with E-state index in [1.165, 1.54) is 26.8 Å². The molecule has 3 rings (SSSR count). The Labute approximate surface area is 155 Å². The summed E-state index contributed by atoms with van der Waals surface area (Å²) in [4.78, 5) is 25.2. The lowest BCUT2D eigenvalue weighted by Gasteiger charge is -2.08. The highest BCUT2D eigenvalue weighted by atomic mass is 16.4. The number of carboxylic acid groups (broad SMARTS) is 2. The van der Waals surface area contributed by atoms with Gasteiger partial charge in [0.05, 0.1) is 7.05 Å². The van der Waals surface area contributed by atoms with Crippen LogP contribution >= 0.6 is 0 Å². The fraction of sp³-hybridized carbons (Fsp3) is 0.353. The van der Waals surface area contributed by atoms with Crippen molar-refractivity contribution in [1.29, 1.82) is 0 Å². The molecule has 1 aromatic carbocycles. The Morgan fingerprint density at radius 2 is 1.93 bits per heavy atom. The maximum atomic E-state index is 9.10. The van der Waals surface area contributed by atoms with Gasteiger partial charge in [0.2, 0.25) is 0 Å². The van der Waals surface area contributed by atoms with E-state index in [0.717, 1.165) is 18.8 Å². The number of carbonyl (C=O) groups is 2. The number of aliphatic carboxylic acids is 2. The number of H-pyrrole nitrogens is 1. The molecule has 0 radical (unpaired) electrons. The summed E-state index contributed by atoms with van der Waals surface area (Å²) in [5.41, 5.74) is 3.74. The van der Waals surface area contributed by atoms with Crippen LogP contribution < -0.4 is 0 Å². The Morgan fingerprint density at radius 3 is 2.48 bits per heavy atom. The van der Waals surface area contributed by atoms with E-state index in [9.17, 15) is 0 Å². The molecular formula is C17H22N6O4. The fourth-order valence-electron chi connectivity index (χ4n) is 2.46. The SMILES string of the molecule is CN(C)CCc1c[nH]c2ccc(Cc3nnn(C)n3)cc12.O=C(O)C(=O)O. The third-order valence-electron chi connectivity index (χ3n) is 3.76. The number of nitrogens with zero attached hydrogens (tertiary/aromatic N) is 5. The third kappa shape index (κ3) is 5.89. The van der Waals surface area contributed by atoms with Crippen LogP contribution in [0, 0.1) is 0 Å². The predicted molar refractivity (Wildman–Crippen MR) is 97.4 cm³/mol. The zero-order valence-electron chi connectivity index (χ0n) is 15.4. The first-order chi connectivity index (χ1) is 12.8. The number of carboxylic acids is 2. The highest BCUT2D eigenvalue weighted by Crippen LogP contribution is 2.21. The maximum Gasteiger partial charge on any atom is 0.414 e. The van der Waals surface area contributed by atoms with Crippen molar-refractivity contribution in [3.8, 4) is 0 Å². The van der Waals surface area contributed by atoms with Crippen LogP contribution in [0.4, 0.5) is 0 Å². The maximum absolute atomic E-state index is 9.10. The molecule has 0 aliphatic heterocycles. The number of fused-ring (bicyclic) bond motifs is 1. The number of benzene rings is 1. The van der Waals surface area contributed by atoms with E-state index in [2.05, 4.69) is 63.8 Å². The van der Waals surface area contributed by atoms with Crippen molar-refractivity contribution in [3.05, 3.63) is 41.3 Å². The van der Waals surface area contributed by atoms with E-state index in [1.54, 1.807) is 7.05 Å². The number of aromatic amines is 1. The van der Waals surface area contributed by atoms with Gasteiger partial charge in [-0.05, 0) is 49.0 Å². The number of nitrogens with one attached hydrogen (secondary N) is 1. The van der Waals surface area contributed by atoms with E-state index in [1.807, 2.05) is 0 Å². The summed E-state index contributed by atoms with van der Waals surface area (Å²) in [6.45, 7) is 1.04. The molecule has 0 amide bonds. The molecule has 3 N–H and O–H groups in total. The second kappa shape index (κ2) is 8.90. The van der Waals surface area contributed by atoms with Gasteiger partial charge in [0, 0.05) is 30.1 Å². The standard InChI is InChI=1S/C15H20N6.C2H2O4/c1-20(2)7-6-12-10-16-14-5-4-11(8-13(12)14)9-15-17-19-21(3)18-15;3-1(4)2(5)6/h4-5,8,10,16H,6-7,9H2,1-3H3;(H,3,4)(H,5,6). The Hall–Kier alpha value is -3.27. The van der Waals surface area contributed by atoms with Crippen LogP contribution in [0.15, 0.2) is 24.4 Å². The molecule has 0 saturated heterocycles. The lowest BCUT2D eigenvalue weighted by molar-refractivity contribution is -0.159. The largest absolute Gasteiger partial charge is 0.473 e. The van der Waals surface area contributed by atoms with Gasteiger partial charge in [0.15, 0.2) is 5.82 Å². The number of rotatable bonds is 5. The molecule has 0 atom stereocenters. The van der Waals surface area contributed by atoms with Crippen LogP contribution in [-0.4, -0.2) is 72.9 Å². The van der Waals surface area contributed by atoms with Crippen LogP contribution in [0.25, 0.3) is 10.9 Å². The van der Waals surface area contributed by atoms with Crippen molar-refractivity contribution in [2.24, 2.45) is 7.05 Å². The molecule has 0 spiro atoms. The molecule has 10 nitrogen and oxygen atoms in total. The lowest BCUT2D eigenvalue weighted by Crippen LogP contribution is -2.14. The molecule has 3 aromatic rings. The zero-order chi connectivity index (χ0) is 20.0. The van der Waals surface area contributed by atoms with Crippen molar-refractivity contribution in [2.45, 2.75) is 12.8 Å². The average molecular weight is 374 g/mol. The first-order valence-corrected chi connectivity index (χ1v) is 8.19. The summed E-state index contributed by atoms with van der Waals surface area (Å²) in [7, 11) is 5.98.